The number of carbonyl (C=O) groups is 1. The molecule has 158 valence electrons. The van der Waals surface area contributed by atoms with Crippen LogP contribution in [0.5, 0.6) is 11.5 Å². The number of ether oxygens (including phenoxy) is 2. The van der Waals surface area contributed by atoms with Crippen LogP contribution in [0.4, 0.5) is 0 Å². The number of aromatic amines is 1. The van der Waals surface area contributed by atoms with E-state index in [2.05, 4.69) is 15.3 Å². The van der Waals surface area contributed by atoms with Crippen LogP contribution in [-0.4, -0.2) is 60.2 Å². The molecule has 1 amide bonds. The average Bonchev–Trinajstić information content (AvgIpc) is 3.23. The van der Waals surface area contributed by atoms with E-state index in [1.807, 2.05) is 61.6 Å². The van der Waals surface area contributed by atoms with Gasteiger partial charge in [0.05, 0.1) is 11.4 Å². The van der Waals surface area contributed by atoms with Crippen molar-refractivity contribution in [3.63, 3.8) is 0 Å². The largest absolute Gasteiger partial charge is 0.457 e. The third kappa shape index (κ3) is 4.80. The maximum atomic E-state index is 12.8. The molecule has 0 spiro atoms. The molecule has 1 saturated heterocycles. The highest BCUT2D eigenvalue weighted by Crippen LogP contribution is 2.28. The van der Waals surface area contributed by atoms with Gasteiger partial charge in [0.15, 0.2) is 0 Å². The van der Waals surface area contributed by atoms with Crippen molar-refractivity contribution in [1.82, 2.24) is 20.2 Å². The van der Waals surface area contributed by atoms with Crippen molar-refractivity contribution in [2.45, 2.75) is 31.3 Å². The van der Waals surface area contributed by atoms with Crippen LogP contribution in [-0.2, 0) is 16.0 Å². The Labute approximate surface area is 176 Å². The summed E-state index contributed by atoms with van der Waals surface area (Å²) >= 11 is 0. The van der Waals surface area contributed by atoms with E-state index >= 15 is 0 Å². The van der Waals surface area contributed by atoms with Crippen LogP contribution in [0.2, 0.25) is 0 Å². The number of amides is 1. The van der Waals surface area contributed by atoms with Gasteiger partial charge in [-0.1, -0.05) is 12.1 Å². The summed E-state index contributed by atoms with van der Waals surface area (Å²) in [6.45, 7) is 1.43. The third-order valence-electron chi connectivity index (χ3n) is 5.49. The maximum Gasteiger partial charge on any atom is 0.237 e. The number of rotatable bonds is 7. The number of aromatic nitrogens is 2. The number of nitrogens with zero attached hydrogens (tertiary/aromatic N) is 2. The zero-order chi connectivity index (χ0) is 20.9. The minimum absolute atomic E-state index is 0.0684. The number of likely N-dealkylation sites (N-methyl/N-ethyl adjacent to an activating group) is 1. The third-order valence-corrected chi connectivity index (χ3v) is 5.49. The average molecular weight is 409 g/mol. The Morgan fingerprint density at radius 2 is 2.00 bits per heavy atom. The van der Waals surface area contributed by atoms with Crippen LogP contribution in [0.25, 0.3) is 11.0 Å². The molecule has 0 aliphatic carbocycles. The summed E-state index contributed by atoms with van der Waals surface area (Å²) < 4.78 is 11.4. The molecule has 0 saturated carbocycles. The Morgan fingerprint density at radius 1 is 1.23 bits per heavy atom. The van der Waals surface area contributed by atoms with E-state index in [1.165, 1.54) is 0 Å². The van der Waals surface area contributed by atoms with Crippen LogP contribution in [0.3, 0.4) is 0 Å². The van der Waals surface area contributed by atoms with Gasteiger partial charge in [-0.25, -0.2) is 4.98 Å². The summed E-state index contributed by atoms with van der Waals surface area (Å²) in [5.74, 6) is 1.58. The quantitative estimate of drug-likeness (QED) is 0.628. The molecule has 1 aromatic carbocycles. The van der Waals surface area contributed by atoms with Crippen molar-refractivity contribution in [1.29, 1.82) is 0 Å². The van der Waals surface area contributed by atoms with Gasteiger partial charge in [-0.2, -0.15) is 0 Å². The summed E-state index contributed by atoms with van der Waals surface area (Å²) in [6.07, 6.45) is 5.96. The number of nitrogens with one attached hydrogen (secondary N) is 2. The van der Waals surface area contributed by atoms with Gasteiger partial charge in [-0.05, 0) is 63.2 Å². The second-order valence-electron chi connectivity index (χ2n) is 7.87. The summed E-state index contributed by atoms with van der Waals surface area (Å²) in [4.78, 5) is 22.2. The number of pyridine rings is 1. The first-order valence-electron chi connectivity index (χ1n) is 10.3. The minimum Gasteiger partial charge on any atom is -0.457 e. The molecule has 1 aliphatic rings. The van der Waals surface area contributed by atoms with Gasteiger partial charge in [-0.3, -0.25) is 9.69 Å². The maximum absolute atomic E-state index is 12.8. The molecule has 2 N–H and O–H groups in total. The second-order valence-corrected chi connectivity index (χ2v) is 7.87. The Bertz CT molecular complexity index is 978. The highest BCUT2D eigenvalue weighted by molar-refractivity contribution is 5.83. The van der Waals surface area contributed by atoms with Crippen molar-refractivity contribution in [2.75, 3.05) is 27.3 Å². The van der Waals surface area contributed by atoms with E-state index in [0.29, 0.717) is 19.6 Å². The fourth-order valence-electron chi connectivity index (χ4n) is 3.72. The molecule has 0 bridgehead atoms. The van der Waals surface area contributed by atoms with Crippen molar-refractivity contribution < 1.29 is 14.3 Å². The lowest BCUT2D eigenvalue weighted by molar-refractivity contribution is -0.126. The van der Waals surface area contributed by atoms with Crippen molar-refractivity contribution in [3.8, 4) is 11.5 Å². The van der Waals surface area contributed by atoms with Gasteiger partial charge < -0.3 is 19.8 Å². The zero-order valence-electron chi connectivity index (χ0n) is 17.4. The molecular weight excluding hydrogens is 380 g/mol. The van der Waals surface area contributed by atoms with E-state index < -0.39 is 0 Å². The van der Waals surface area contributed by atoms with E-state index in [9.17, 15) is 4.79 Å². The van der Waals surface area contributed by atoms with Crippen molar-refractivity contribution in [2.24, 2.45) is 0 Å². The van der Waals surface area contributed by atoms with Gasteiger partial charge in [0, 0.05) is 31.6 Å². The van der Waals surface area contributed by atoms with Crippen molar-refractivity contribution in [3.05, 3.63) is 54.4 Å². The number of fused-ring (bicyclic) bond motifs is 1. The van der Waals surface area contributed by atoms with Gasteiger partial charge in [0.2, 0.25) is 5.91 Å². The predicted molar refractivity (Wildman–Crippen MR) is 116 cm³/mol. The predicted octanol–water partition coefficient (Wildman–Crippen LogP) is 3.12. The van der Waals surface area contributed by atoms with Gasteiger partial charge in [0.25, 0.3) is 0 Å². The molecule has 7 nitrogen and oxygen atoms in total. The SMILES string of the molecule is CN(C)C(Cc1ccc(Oc2ccnc3[nH]ccc23)cc1)C(=O)NC1CCOCC1. The smallest absolute Gasteiger partial charge is 0.237 e. The van der Waals surface area contributed by atoms with E-state index in [4.69, 9.17) is 9.47 Å². The zero-order valence-corrected chi connectivity index (χ0v) is 17.4. The Hall–Kier alpha value is -2.90. The number of H-pyrrole nitrogens is 1. The molecule has 3 heterocycles. The summed E-state index contributed by atoms with van der Waals surface area (Å²) in [6, 6.07) is 11.7. The van der Waals surface area contributed by atoms with Gasteiger partial charge >= 0.3 is 0 Å². The molecule has 0 radical (unpaired) electrons. The summed E-state index contributed by atoms with van der Waals surface area (Å²) in [5, 5.41) is 4.13. The lowest BCUT2D eigenvalue weighted by Gasteiger charge is -2.28. The topological polar surface area (TPSA) is 79.5 Å². The molecule has 7 heteroatoms. The van der Waals surface area contributed by atoms with E-state index in [0.717, 1.165) is 40.9 Å². The Balaban J connectivity index is 1.40. The highest BCUT2D eigenvalue weighted by Gasteiger charge is 2.24. The van der Waals surface area contributed by atoms with E-state index in [-0.39, 0.29) is 18.0 Å². The highest BCUT2D eigenvalue weighted by atomic mass is 16.5. The molecule has 1 atom stereocenters. The molecule has 3 aromatic rings. The fourth-order valence-corrected chi connectivity index (χ4v) is 3.72. The van der Waals surface area contributed by atoms with Crippen LogP contribution in [0, 0.1) is 0 Å². The summed E-state index contributed by atoms with van der Waals surface area (Å²) in [5.41, 5.74) is 1.89. The lowest BCUT2D eigenvalue weighted by Crippen LogP contribution is -2.49. The van der Waals surface area contributed by atoms with E-state index in [1.54, 1.807) is 6.20 Å². The fraction of sp³-hybridized carbons (Fsp3) is 0.391. The van der Waals surface area contributed by atoms with Crippen LogP contribution in [0.1, 0.15) is 18.4 Å². The first-order valence-corrected chi connectivity index (χ1v) is 10.3. The standard InChI is InChI=1S/C23H28N4O3/c1-27(2)20(23(28)26-17-9-13-29-14-10-17)15-16-3-5-18(6-4-16)30-21-8-12-25-22-19(21)7-11-24-22/h3-8,11-12,17,20H,9-10,13-15H2,1-2H3,(H,24,25)(H,26,28). The molecule has 2 aromatic heterocycles. The molecule has 1 fully saturated rings. The normalized spacial score (nSPS) is 16.0. The van der Waals surface area contributed by atoms with Crippen LogP contribution < -0.4 is 10.1 Å². The first kappa shape index (κ1) is 20.4. The van der Waals surface area contributed by atoms with Crippen LogP contribution in [0.15, 0.2) is 48.8 Å². The van der Waals surface area contributed by atoms with Gasteiger partial charge in [0.1, 0.15) is 17.1 Å². The number of carbonyl (C=O) groups excluding carboxylic acids is 1. The van der Waals surface area contributed by atoms with Crippen LogP contribution >= 0.6 is 0 Å². The second kappa shape index (κ2) is 9.28. The van der Waals surface area contributed by atoms with Gasteiger partial charge in [-0.15, -0.1) is 0 Å². The van der Waals surface area contributed by atoms with Crippen molar-refractivity contribution >= 4 is 16.9 Å². The molecule has 30 heavy (non-hydrogen) atoms. The number of hydrogen-bond acceptors (Lipinski definition) is 5. The Morgan fingerprint density at radius 3 is 2.73 bits per heavy atom. The number of hydrogen-bond donors (Lipinski definition) is 2. The number of benzene rings is 1. The molecule has 4 rings (SSSR count). The molecule has 1 aliphatic heterocycles. The Kier molecular flexibility index (Phi) is 6.30. The minimum atomic E-state index is -0.223. The monoisotopic (exact) mass is 408 g/mol. The molecule has 1 unspecified atom stereocenters. The first-order chi connectivity index (χ1) is 14.6. The molecular formula is C23H28N4O3. The summed E-state index contributed by atoms with van der Waals surface area (Å²) in [7, 11) is 3.88. The lowest BCUT2D eigenvalue weighted by atomic mass is 10.0.